The molecular formula is C14H15N3O4. The molecule has 0 fully saturated rings. The van der Waals surface area contributed by atoms with Gasteiger partial charge in [0.15, 0.2) is 0 Å². The number of hydrogen-bond acceptors (Lipinski definition) is 5. The third-order valence-corrected chi connectivity index (χ3v) is 2.97. The van der Waals surface area contributed by atoms with Crippen LogP contribution in [0, 0.1) is 0 Å². The van der Waals surface area contributed by atoms with Gasteiger partial charge in [-0.25, -0.2) is 14.6 Å². The summed E-state index contributed by atoms with van der Waals surface area (Å²) in [6.45, 7) is -0.0352. The van der Waals surface area contributed by atoms with Gasteiger partial charge in [-0.05, 0) is 5.56 Å². The topological polar surface area (TPSA) is 118 Å². The first kappa shape index (κ1) is 14.7. The number of aliphatic carboxylic acids is 1. The maximum Gasteiger partial charge on any atom is 0.338 e. The number of hydrogen-bond donors (Lipinski definition) is 3. The molecule has 0 aliphatic rings. The molecule has 4 N–H and O–H groups in total. The number of ether oxygens (including phenoxy) is 1. The molecule has 0 spiro atoms. The molecule has 0 amide bonds. The van der Waals surface area contributed by atoms with Gasteiger partial charge in [-0.15, -0.1) is 0 Å². The lowest BCUT2D eigenvalue weighted by Crippen LogP contribution is -2.57. The average molecular weight is 289 g/mol. The van der Waals surface area contributed by atoms with E-state index in [0.717, 1.165) is 5.56 Å². The number of nitrogens with two attached hydrogens (primary N) is 1. The minimum atomic E-state index is -2.16. The van der Waals surface area contributed by atoms with Crippen LogP contribution in [-0.4, -0.2) is 32.6 Å². The van der Waals surface area contributed by atoms with Crippen molar-refractivity contribution in [3.05, 3.63) is 54.1 Å². The highest BCUT2D eigenvalue weighted by molar-refractivity contribution is 6.04. The Labute approximate surface area is 120 Å². The third kappa shape index (κ3) is 3.46. The Balaban J connectivity index is 2.07. The van der Waals surface area contributed by atoms with Crippen LogP contribution >= 0.6 is 0 Å². The first-order valence-electron chi connectivity index (χ1n) is 6.23. The number of carboxylic acid groups (broad SMARTS) is 1. The number of H-pyrrole nitrogens is 1. The maximum absolute atomic E-state index is 12.0. The number of carbonyl (C=O) groups is 2. The molecule has 21 heavy (non-hydrogen) atoms. The summed E-state index contributed by atoms with van der Waals surface area (Å²) in [5.74, 6) is -2.45. The number of nitrogens with zero attached hydrogens (tertiary/aromatic N) is 1. The maximum atomic E-state index is 12.0. The predicted octanol–water partition coefficient (Wildman–Crippen LogP) is 0.478. The zero-order chi connectivity index (χ0) is 15.3. The third-order valence-electron chi connectivity index (χ3n) is 2.97. The van der Waals surface area contributed by atoms with Crippen LogP contribution in [0.25, 0.3) is 0 Å². The van der Waals surface area contributed by atoms with Crippen molar-refractivity contribution in [3.8, 4) is 0 Å². The van der Waals surface area contributed by atoms with E-state index in [9.17, 15) is 14.7 Å². The largest absolute Gasteiger partial charge is 0.479 e. The second kappa shape index (κ2) is 6.19. The lowest BCUT2D eigenvalue weighted by molar-refractivity contribution is -0.162. The highest BCUT2D eigenvalue weighted by Crippen LogP contribution is 2.13. The number of rotatable bonds is 6. The second-order valence-electron chi connectivity index (χ2n) is 4.58. The van der Waals surface area contributed by atoms with Crippen LogP contribution in [0.5, 0.6) is 0 Å². The quantitative estimate of drug-likeness (QED) is 0.525. The summed E-state index contributed by atoms with van der Waals surface area (Å²) in [5, 5.41) is 9.24. The van der Waals surface area contributed by atoms with Crippen LogP contribution < -0.4 is 5.73 Å². The van der Waals surface area contributed by atoms with Crippen LogP contribution in [0.15, 0.2) is 42.9 Å². The number of carboxylic acids is 1. The van der Waals surface area contributed by atoms with E-state index < -0.39 is 17.5 Å². The Morgan fingerprint density at radius 1 is 1.33 bits per heavy atom. The molecule has 0 bridgehead atoms. The highest BCUT2D eigenvalue weighted by atomic mass is 16.5. The van der Waals surface area contributed by atoms with Gasteiger partial charge in [-0.3, -0.25) is 0 Å². The lowest BCUT2D eigenvalue weighted by Gasteiger charge is -2.21. The fourth-order valence-corrected chi connectivity index (χ4v) is 1.76. The molecule has 2 rings (SSSR count). The van der Waals surface area contributed by atoms with E-state index in [1.165, 1.54) is 12.5 Å². The number of aromatic nitrogens is 2. The molecule has 2 aromatic rings. The molecule has 0 saturated heterocycles. The van der Waals surface area contributed by atoms with Crippen molar-refractivity contribution in [2.45, 2.75) is 18.6 Å². The van der Waals surface area contributed by atoms with Crippen LogP contribution in [0.1, 0.15) is 11.3 Å². The zero-order valence-electron chi connectivity index (χ0n) is 11.2. The summed E-state index contributed by atoms with van der Waals surface area (Å²) in [5.41, 5.74) is 4.67. The molecule has 1 aromatic heterocycles. The van der Waals surface area contributed by atoms with Gasteiger partial charge in [0.25, 0.3) is 0 Å². The lowest BCUT2D eigenvalue weighted by atomic mass is 9.95. The van der Waals surface area contributed by atoms with Gasteiger partial charge in [0.05, 0.1) is 12.0 Å². The van der Waals surface area contributed by atoms with Crippen LogP contribution in [-0.2, 0) is 27.4 Å². The number of imidazole rings is 1. The van der Waals surface area contributed by atoms with E-state index in [2.05, 4.69) is 9.97 Å². The first-order chi connectivity index (χ1) is 10.0. The minimum Gasteiger partial charge on any atom is -0.479 e. The fourth-order valence-electron chi connectivity index (χ4n) is 1.76. The molecule has 0 aliphatic heterocycles. The Morgan fingerprint density at radius 3 is 2.62 bits per heavy atom. The van der Waals surface area contributed by atoms with Gasteiger partial charge in [0.2, 0.25) is 5.54 Å². The molecule has 0 aliphatic carbocycles. The van der Waals surface area contributed by atoms with E-state index in [1.807, 2.05) is 6.07 Å². The summed E-state index contributed by atoms with van der Waals surface area (Å²) in [4.78, 5) is 29.9. The zero-order valence-corrected chi connectivity index (χ0v) is 11.2. The van der Waals surface area contributed by atoms with Gasteiger partial charge in [0, 0.05) is 12.6 Å². The van der Waals surface area contributed by atoms with Gasteiger partial charge >= 0.3 is 11.9 Å². The monoisotopic (exact) mass is 289 g/mol. The molecule has 1 aromatic carbocycles. The van der Waals surface area contributed by atoms with Crippen LogP contribution in [0.3, 0.4) is 0 Å². The number of esters is 1. The van der Waals surface area contributed by atoms with E-state index in [1.54, 1.807) is 24.3 Å². The first-order valence-corrected chi connectivity index (χ1v) is 6.23. The van der Waals surface area contributed by atoms with Gasteiger partial charge in [-0.1, -0.05) is 30.3 Å². The van der Waals surface area contributed by atoms with Crippen molar-refractivity contribution >= 4 is 11.9 Å². The van der Waals surface area contributed by atoms with Crippen molar-refractivity contribution in [3.63, 3.8) is 0 Å². The van der Waals surface area contributed by atoms with Crippen molar-refractivity contribution < 1.29 is 19.4 Å². The molecule has 0 radical (unpaired) electrons. The van der Waals surface area contributed by atoms with Gasteiger partial charge in [-0.2, -0.15) is 0 Å². The summed E-state index contributed by atoms with van der Waals surface area (Å²) in [6.07, 6.45) is 2.61. The van der Waals surface area contributed by atoms with Gasteiger partial charge < -0.3 is 20.6 Å². The normalized spacial score (nSPS) is 13.4. The molecular weight excluding hydrogens is 274 g/mol. The fraction of sp³-hybridized carbons (Fsp3) is 0.214. The van der Waals surface area contributed by atoms with Crippen molar-refractivity contribution in [2.75, 3.05) is 0 Å². The minimum absolute atomic E-state index is 0.0352. The van der Waals surface area contributed by atoms with Crippen molar-refractivity contribution in [1.82, 2.24) is 9.97 Å². The molecule has 1 unspecified atom stereocenters. The summed E-state index contributed by atoms with van der Waals surface area (Å²) in [6, 6.07) is 8.94. The molecule has 0 saturated carbocycles. The smallest absolute Gasteiger partial charge is 0.338 e. The average Bonchev–Trinajstić information content (AvgIpc) is 2.98. The Bertz CT molecular complexity index is 612. The molecule has 110 valence electrons. The SMILES string of the molecule is NC(Cc1c[nH]cn1)(C(=O)O)C(=O)OCc1ccccc1. The van der Waals surface area contributed by atoms with Crippen LogP contribution in [0.2, 0.25) is 0 Å². The standard InChI is InChI=1S/C14H15N3O4/c15-14(12(18)19,6-11-7-16-9-17-11)13(20)21-8-10-4-2-1-3-5-10/h1-5,7,9H,6,8,15H2,(H,16,17)(H,18,19). The summed E-state index contributed by atoms with van der Waals surface area (Å²) in [7, 11) is 0. The number of nitrogens with one attached hydrogen (secondary N) is 1. The molecule has 1 atom stereocenters. The van der Waals surface area contributed by atoms with E-state index in [-0.39, 0.29) is 13.0 Å². The molecule has 7 nitrogen and oxygen atoms in total. The molecule has 7 heteroatoms. The van der Waals surface area contributed by atoms with Gasteiger partial charge in [0.1, 0.15) is 6.61 Å². The second-order valence-corrected chi connectivity index (χ2v) is 4.58. The number of carbonyl (C=O) groups excluding carboxylic acids is 1. The van der Waals surface area contributed by atoms with Crippen molar-refractivity contribution in [1.29, 1.82) is 0 Å². The molecule has 1 heterocycles. The Morgan fingerprint density at radius 2 is 2.05 bits per heavy atom. The van der Waals surface area contributed by atoms with E-state index in [4.69, 9.17) is 10.5 Å². The number of benzene rings is 1. The van der Waals surface area contributed by atoms with E-state index >= 15 is 0 Å². The Kier molecular flexibility index (Phi) is 4.34. The highest BCUT2D eigenvalue weighted by Gasteiger charge is 2.44. The predicted molar refractivity (Wildman–Crippen MR) is 73.1 cm³/mol. The Hall–Kier alpha value is -2.67. The summed E-state index contributed by atoms with van der Waals surface area (Å²) < 4.78 is 5.02. The number of aromatic amines is 1. The van der Waals surface area contributed by atoms with Crippen LogP contribution in [0.4, 0.5) is 0 Å². The van der Waals surface area contributed by atoms with Crippen molar-refractivity contribution in [2.24, 2.45) is 5.73 Å². The summed E-state index contributed by atoms with van der Waals surface area (Å²) >= 11 is 0. The van der Waals surface area contributed by atoms with E-state index in [0.29, 0.717) is 5.69 Å².